The van der Waals surface area contributed by atoms with Crippen LogP contribution in [0, 0.1) is 11.6 Å². The molecule has 7 nitrogen and oxygen atoms in total. The van der Waals surface area contributed by atoms with E-state index in [1.165, 1.54) is 6.07 Å². The van der Waals surface area contributed by atoms with Crippen molar-refractivity contribution in [3.63, 3.8) is 0 Å². The van der Waals surface area contributed by atoms with Crippen LogP contribution in [-0.4, -0.2) is 44.9 Å². The summed E-state index contributed by atoms with van der Waals surface area (Å²) >= 11 is 0. The van der Waals surface area contributed by atoms with Crippen LogP contribution in [0.4, 0.5) is 14.6 Å². The Hall–Kier alpha value is -3.33. The minimum Gasteiger partial charge on any atom is -0.477 e. The number of benzene rings is 1. The number of hydrogen-bond donors (Lipinski definition) is 2. The number of nitrogens with zero attached hydrogens (tertiary/aromatic N) is 3. The number of halogens is 2. The number of anilines is 1. The number of carbonyl (C=O) groups is 1. The van der Waals surface area contributed by atoms with Crippen LogP contribution < -0.4 is 10.3 Å². The molecule has 1 aliphatic rings. The van der Waals surface area contributed by atoms with Gasteiger partial charge in [-0.3, -0.25) is 9.36 Å². The SMILES string of the molecule is O=C(O)c1cn(-c2ccc(F)cc2F)c2nc(N3CCCC3CO)ccc2c1=O. The van der Waals surface area contributed by atoms with Gasteiger partial charge in [-0.15, -0.1) is 0 Å². The Morgan fingerprint density at radius 3 is 2.72 bits per heavy atom. The van der Waals surface area contributed by atoms with Crippen LogP contribution in [0.1, 0.15) is 23.2 Å². The Morgan fingerprint density at radius 1 is 1.24 bits per heavy atom. The first-order chi connectivity index (χ1) is 13.9. The van der Waals surface area contributed by atoms with Crippen molar-refractivity contribution in [1.29, 1.82) is 0 Å². The molecule has 2 N–H and O–H groups in total. The third-order valence-corrected chi connectivity index (χ3v) is 5.12. The van der Waals surface area contributed by atoms with Gasteiger partial charge >= 0.3 is 5.97 Å². The van der Waals surface area contributed by atoms with Gasteiger partial charge in [0.25, 0.3) is 0 Å². The summed E-state index contributed by atoms with van der Waals surface area (Å²) in [6, 6.07) is 5.76. The number of pyridine rings is 2. The predicted octanol–water partition coefficient (Wildman–Crippen LogP) is 2.32. The average molecular weight is 401 g/mol. The van der Waals surface area contributed by atoms with Crippen molar-refractivity contribution in [3.8, 4) is 5.69 Å². The minimum atomic E-state index is -1.46. The van der Waals surface area contributed by atoms with E-state index >= 15 is 0 Å². The molecular formula is C20H17F2N3O4. The van der Waals surface area contributed by atoms with Gasteiger partial charge in [-0.1, -0.05) is 0 Å². The van der Waals surface area contributed by atoms with Crippen molar-refractivity contribution in [2.45, 2.75) is 18.9 Å². The predicted molar refractivity (Wildman–Crippen MR) is 102 cm³/mol. The third kappa shape index (κ3) is 3.23. The van der Waals surface area contributed by atoms with Crippen molar-refractivity contribution in [2.75, 3.05) is 18.1 Å². The van der Waals surface area contributed by atoms with Gasteiger partial charge in [0.2, 0.25) is 5.43 Å². The zero-order valence-corrected chi connectivity index (χ0v) is 15.2. The smallest absolute Gasteiger partial charge is 0.341 e. The van der Waals surface area contributed by atoms with Gasteiger partial charge in [-0.25, -0.2) is 18.6 Å². The van der Waals surface area contributed by atoms with Gasteiger partial charge in [0.1, 0.15) is 23.0 Å². The molecule has 0 aliphatic carbocycles. The van der Waals surface area contributed by atoms with Crippen LogP contribution in [0.2, 0.25) is 0 Å². The first kappa shape index (κ1) is 19.0. The van der Waals surface area contributed by atoms with Gasteiger partial charge in [-0.05, 0) is 37.1 Å². The van der Waals surface area contributed by atoms with E-state index in [2.05, 4.69) is 4.98 Å². The van der Waals surface area contributed by atoms with E-state index in [1.807, 2.05) is 4.90 Å². The van der Waals surface area contributed by atoms with Gasteiger partial charge < -0.3 is 15.1 Å². The van der Waals surface area contributed by atoms with Crippen LogP contribution in [0.5, 0.6) is 0 Å². The van der Waals surface area contributed by atoms with E-state index in [9.17, 15) is 28.6 Å². The summed E-state index contributed by atoms with van der Waals surface area (Å²) in [5.41, 5.74) is -1.38. The minimum absolute atomic E-state index is 0.00267. The highest BCUT2D eigenvalue weighted by atomic mass is 19.1. The molecule has 4 rings (SSSR count). The Bertz CT molecular complexity index is 1180. The van der Waals surface area contributed by atoms with Crippen LogP contribution in [0.25, 0.3) is 16.7 Å². The molecule has 0 amide bonds. The second-order valence-corrected chi connectivity index (χ2v) is 6.86. The lowest BCUT2D eigenvalue weighted by molar-refractivity contribution is 0.0695. The molecule has 3 aromatic rings. The van der Waals surface area contributed by atoms with Gasteiger partial charge in [0.05, 0.1) is 23.7 Å². The molecule has 1 atom stereocenters. The molecule has 9 heteroatoms. The summed E-state index contributed by atoms with van der Waals surface area (Å²) in [7, 11) is 0. The molecule has 3 heterocycles. The first-order valence-corrected chi connectivity index (χ1v) is 9.03. The number of fused-ring (bicyclic) bond motifs is 1. The Labute approximate surface area is 163 Å². The van der Waals surface area contributed by atoms with Crippen LogP contribution in [0.3, 0.4) is 0 Å². The molecule has 0 spiro atoms. The molecule has 29 heavy (non-hydrogen) atoms. The normalized spacial score (nSPS) is 16.5. The quantitative estimate of drug-likeness (QED) is 0.697. The fourth-order valence-electron chi connectivity index (χ4n) is 3.69. The second kappa shape index (κ2) is 7.25. The van der Waals surface area contributed by atoms with Crippen LogP contribution in [0.15, 0.2) is 41.3 Å². The second-order valence-electron chi connectivity index (χ2n) is 6.86. The van der Waals surface area contributed by atoms with Gasteiger partial charge in [0.15, 0.2) is 5.65 Å². The summed E-state index contributed by atoms with van der Waals surface area (Å²) in [6.45, 7) is 0.600. The maximum Gasteiger partial charge on any atom is 0.341 e. The Morgan fingerprint density at radius 2 is 2.03 bits per heavy atom. The summed E-state index contributed by atoms with van der Waals surface area (Å²) < 4.78 is 29.0. The number of hydrogen-bond acceptors (Lipinski definition) is 5. The van der Waals surface area contributed by atoms with Crippen LogP contribution in [-0.2, 0) is 0 Å². The standard InChI is InChI=1S/C20H17F2N3O4/c21-11-3-5-16(15(22)8-11)25-9-14(20(28)29)18(27)13-4-6-17(23-19(13)25)24-7-1-2-12(24)10-26/h3-6,8-9,12,26H,1-2,7,10H2,(H,28,29). The monoisotopic (exact) mass is 401 g/mol. The number of aliphatic hydroxyl groups is 1. The number of carboxylic acid groups (broad SMARTS) is 1. The third-order valence-electron chi connectivity index (χ3n) is 5.12. The molecule has 1 aromatic carbocycles. The summed E-state index contributed by atoms with van der Waals surface area (Å²) in [5, 5.41) is 19.0. The van der Waals surface area contributed by atoms with Crippen molar-refractivity contribution in [2.24, 2.45) is 0 Å². The molecule has 2 aromatic heterocycles. The van der Waals surface area contributed by atoms with E-state index in [-0.39, 0.29) is 29.4 Å². The number of aliphatic hydroxyl groups excluding tert-OH is 1. The van der Waals surface area contributed by atoms with Crippen molar-refractivity contribution in [3.05, 3.63) is 63.9 Å². The lowest BCUT2D eigenvalue weighted by Crippen LogP contribution is -2.33. The Kier molecular flexibility index (Phi) is 4.75. The molecule has 150 valence electrons. The summed E-state index contributed by atoms with van der Waals surface area (Å²) in [5.74, 6) is -2.69. The number of rotatable bonds is 4. The van der Waals surface area contributed by atoms with E-state index in [1.54, 1.807) is 6.07 Å². The van der Waals surface area contributed by atoms with Gasteiger partial charge in [-0.2, -0.15) is 0 Å². The maximum absolute atomic E-state index is 14.5. The van der Waals surface area contributed by atoms with Crippen molar-refractivity contribution >= 4 is 22.8 Å². The van der Waals surface area contributed by atoms with Crippen LogP contribution >= 0.6 is 0 Å². The zero-order chi connectivity index (χ0) is 20.7. The highest BCUT2D eigenvalue weighted by Gasteiger charge is 2.26. The molecule has 0 saturated carbocycles. The fourth-order valence-corrected chi connectivity index (χ4v) is 3.69. The summed E-state index contributed by atoms with van der Waals surface area (Å²) in [6.07, 6.45) is 2.64. The highest BCUT2D eigenvalue weighted by Crippen LogP contribution is 2.27. The molecule has 1 aliphatic heterocycles. The summed E-state index contributed by atoms with van der Waals surface area (Å²) in [4.78, 5) is 30.5. The van der Waals surface area contributed by atoms with E-state index < -0.39 is 28.6 Å². The lowest BCUT2D eigenvalue weighted by Gasteiger charge is -2.24. The lowest BCUT2D eigenvalue weighted by atomic mass is 10.1. The van der Waals surface area contributed by atoms with Crippen molar-refractivity contribution in [1.82, 2.24) is 9.55 Å². The first-order valence-electron chi connectivity index (χ1n) is 9.03. The van der Waals surface area contributed by atoms with E-state index in [4.69, 9.17) is 0 Å². The molecule has 1 unspecified atom stereocenters. The Balaban J connectivity index is 2.01. The molecule has 1 saturated heterocycles. The number of carboxylic acids is 1. The molecular weight excluding hydrogens is 384 g/mol. The largest absolute Gasteiger partial charge is 0.477 e. The average Bonchev–Trinajstić information content (AvgIpc) is 3.17. The number of aromatic carboxylic acids is 1. The zero-order valence-electron chi connectivity index (χ0n) is 15.2. The van der Waals surface area contributed by atoms with Gasteiger partial charge in [0, 0.05) is 18.8 Å². The maximum atomic E-state index is 14.5. The molecule has 1 fully saturated rings. The number of aromatic nitrogens is 2. The highest BCUT2D eigenvalue weighted by molar-refractivity contribution is 5.92. The van der Waals surface area contributed by atoms with E-state index in [0.717, 1.165) is 35.7 Å². The fraction of sp³-hybridized carbons (Fsp3) is 0.250. The molecule has 0 bridgehead atoms. The topological polar surface area (TPSA) is 95.7 Å². The molecule has 0 radical (unpaired) electrons. The van der Waals surface area contributed by atoms with E-state index in [0.29, 0.717) is 18.4 Å². The van der Waals surface area contributed by atoms with Crippen molar-refractivity contribution < 1.29 is 23.8 Å².